The van der Waals surface area contributed by atoms with Gasteiger partial charge < -0.3 is 4.74 Å². The van der Waals surface area contributed by atoms with E-state index < -0.39 is 0 Å². The van der Waals surface area contributed by atoms with Crippen molar-refractivity contribution in [2.24, 2.45) is 11.8 Å². The third kappa shape index (κ3) is 2.73. The molecule has 3 rings (SSSR count). The monoisotopic (exact) mass is 390 g/mol. The Morgan fingerprint density at radius 1 is 1.45 bits per heavy atom. The lowest BCUT2D eigenvalue weighted by molar-refractivity contribution is -0.147. The molecule has 2 unspecified atom stereocenters. The van der Waals surface area contributed by atoms with Crippen LogP contribution in [0.2, 0.25) is 0 Å². The van der Waals surface area contributed by atoms with Crippen molar-refractivity contribution in [3.05, 3.63) is 33.1 Å². The van der Waals surface area contributed by atoms with Crippen molar-refractivity contribution in [2.45, 2.75) is 43.7 Å². The number of benzene rings is 1. The molecule has 2 atom stereocenters. The number of nitrogens with one attached hydrogen (secondary N) is 1. The lowest BCUT2D eigenvalue weighted by Crippen LogP contribution is -2.48. The van der Waals surface area contributed by atoms with Crippen LogP contribution < -0.4 is 11.3 Å². The summed E-state index contributed by atoms with van der Waals surface area (Å²) in [4.78, 5) is 0. The summed E-state index contributed by atoms with van der Waals surface area (Å²) < 4.78 is 20.2. The quantitative estimate of drug-likeness (QED) is 0.473. The number of hydrogen-bond acceptors (Lipinski definition) is 3. The lowest BCUT2D eigenvalue weighted by atomic mass is 9.70. The summed E-state index contributed by atoms with van der Waals surface area (Å²) >= 11 is 2.19. The van der Waals surface area contributed by atoms with E-state index in [0.29, 0.717) is 5.92 Å². The van der Waals surface area contributed by atoms with Gasteiger partial charge in [-0.05, 0) is 78.3 Å². The number of hydrazine groups is 1. The minimum Gasteiger partial charge on any atom is -0.375 e. The molecule has 2 aliphatic rings. The van der Waals surface area contributed by atoms with E-state index in [1.807, 2.05) is 6.07 Å². The Morgan fingerprint density at radius 3 is 2.85 bits per heavy atom. The lowest BCUT2D eigenvalue weighted by Gasteiger charge is -2.48. The summed E-state index contributed by atoms with van der Waals surface area (Å²) in [6.07, 6.45) is 5.66. The molecule has 3 N–H and O–H groups in total. The fourth-order valence-corrected chi connectivity index (χ4v) is 4.32. The van der Waals surface area contributed by atoms with E-state index in [2.05, 4.69) is 28.0 Å². The molecule has 5 heteroatoms. The van der Waals surface area contributed by atoms with E-state index in [9.17, 15) is 4.39 Å². The van der Waals surface area contributed by atoms with Gasteiger partial charge in [0, 0.05) is 10.2 Å². The Kier molecular flexibility index (Phi) is 4.31. The van der Waals surface area contributed by atoms with E-state index in [1.165, 1.54) is 25.3 Å². The number of hydrogen-bond donors (Lipinski definition) is 2. The molecule has 1 heterocycles. The summed E-state index contributed by atoms with van der Waals surface area (Å²) in [6.45, 7) is 0.806. The van der Waals surface area contributed by atoms with E-state index in [1.54, 1.807) is 6.07 Å². The molecule has 1 aliphatic carbocycles. The second-order valence-electron chi connectivity index (χ2n) is 5.95. The van der Waals surface area contributed by atoms with Crippen LogP contribution in [0.3, 0.4) is 0 Å². The number of halogens is 2. The Morgan fingerprint density at radius 2 is 2.25 bits per heavy atom. The molecule has 1 aromatic rings. The molecule has 1 saturated heterocycles. The molecule has 0 radical (unpaired) electrons. The van der Waals surface area contributed by atoms with Crippen molar-refractivity contribution in [3.63, 3.8) is 0 Å². The summed E-state index contributed by atoms with van der Waals surface area (Å²) in [5.74, 6) is 6.06. The Balaban J connectivity index is 1.81. The molecule has 1 aromatic carbocycles. The van der Waals surface area contributed by atoms with Gasteiger partial charge in [-0.3, -0.25) is 11.3 Å². The molecule has 1 aliphatic heterocycles. The normalized spacial score (nSPS) is 26.2. The summed E-state index contributed by atoms with van der Waals surface area (Å²) in [5, 5.41) is 0. The van der Waals surface area contributed by atoms with Gasteiger partial charge in [0.15, 0.2) is 0 Å². The fourth-order valence-electron chi connectivity index (χ4n) is 3.50. The highest BCUT2D eigenvalue weighted by Crippen LogP contribution is 2.47. The first-order valence-electron chi connectivity index (χ1n) is 7.19. The van der Waals surface area contributed by atoms with Crippen LogP contribution in [0.1, 0.15) is 43.7 Å². The van der Waals surface area contributed by atoms with Crippen molar-refractivity contribution in [2.75, 3.05) is 6.61 Å². The number of ether oxygens (including phenoxy) is 1. The summed E-state index contributed by atoms with van der Waals surface area (Å²) in [7, 11) is 0. The maximum atomic E-state index is 13.3. The minimum atomic E-state index is -0.198. The Labute approximate surface area is 132 Å². The van der Waals surface area contributed by atoms with Crippen molar-refractivity contribution in [1.29, 1.82) is 0 Å². The van der Waals surface area contributed by atoms with Crippen LogP contribution in [0.25, 0.3) is 0 Å². The van der Waals surface area contributed by atoms with Gasteiger partial charge in [-0.15, -0.1) is 0 Å². The number of rotatable bonds is 3. The SMILES string of the molecule is NNC(c1ccc(F)cc1I)C1CCOC2(CCC2)C1. The first-order chi connectivity index (χ1) is 9.63. The van der Waals surface area contributed by atoms with Crippen LogP contribution in [0.4, 0.5) is 4.39 Å². The zero-order chi connectivity index (χ0) is 14.2. The molecule has 0 bridgehead atoms. The minimum absolute atomic E-state index is 0.0730. The molecule has 1 spiro atoms. The van der Waals surface area contributed by atoms with Crippen LogP contribution in [-0.2, 0) is 4.74 Å². The highest BCUT2D eigenvalue weighted by atomic mass is 127. The third-order valence-corrected chi connectivity index (χ3v) is 5.68. The summed E-state index contributed by atoms with van der Waals surface area (Å²) in [5.41, 5.74) is 4.15. The van der Waals surface area contributed by atoms with Gasteiger partial charge in [0.1, 0.15) is 5.82 Å². The molecular formula is C15H20FIN2O. The highest BCUT2D eigenvalue weighted by Gasteiger charge is 2.44. The number of nitrogens with two attached hydrogens (primary N) is 1. The van der Waals surface area contributed by atoms with Crippen LogP contribution >= 0.6 is 22.6 Å². The predicted octanol–water partition coefficient (Wildman–Crippen LogP) is 3.28. The molecule has 0 amide bonds. The molecule has 2 fully saturated rings. The maximum absolute atomic E-state index is 13.3. The fraction of sp³-hybridized carbons (Fsp3) is 0.600. The average molecular weight is 390 g/mol. The molecule has 1 saturated carbocycles. The van der Waals surface area contributed by atoms with Gasteiger partial charge in [-0.2, -0.15) is 0 Å². The zero-order valence-electron chi connectivity index (χ0n) is 11.4. The smallest absolute Gasteiger partial charge is 0.124 e. The van der Waals surface area contributed by atoms with Gasteiger partial charge in [-0.25, -0.2) is 4.39 Å². The van der Waals surface area contributed by atoms with Crippen LogP contribution in [0, 0.1) is 15.3 Å². The van der Waals surface area contributed by atoms with Gasteiger partial charge in [0.2, 0.25) is 0 Å². The predicted molar refractivity (Wildman–Crippen MR) is 84.4 cm³/mol. The van der Waals surface area contributed by atoms with Crippen molar-refractivity contribution < 1.29 is 9.13 Å². The molecule has 110 valence electrons. The third-order valence-electron chi connectivity index (χ3n) is 4.74. The highest BCUT2D eigenvalue weighted by molar-refractivity contribution is 14.1. The molecule has 0 aromatic heterocycles. The molecule has 20 heavy (non-hydrogen) atoms. The van der Waals surface area contributed by atoms with Crippen molar-refractivity contribution in [3.8, 4) is 0 Å². The van der Waals surface area contributed by atoms with Gasteiger partial charge in [-0.1, -0.05) is 6.07 Å². The first kappa shape index (κ1) is 14.7. The van der Waals surface area contributed by atoms with E-state index in [-0.39, 0.29) is 17.5 Å². The first-order valence-corrected chi connectivity index (χ1v) is 8.26. The zero-order valence-corrected chi connectivity index (χ0v) is 13.5. The average Bonchev–Trinajstić information content (AvgIpc) is 2.40. The topological polar surface area (TPSA) is 47.3 Å². The van der Waals surface area contributed by atoms with E-state index >= 15 is 0 Å². The second kappa shape index (κ2) is 5.87. The molecule has 3 nitrogen and oxygen atoms in total. The van der Waals surface area contributed by atoms with E-state index in [0.717, 1.165) is 28.6 Å². The van der Waals surface area contributed by atoms with Gasteiger partial charge in [0.25, 0.3) is 0 Å². The maximum Gasteiger partial charge on any atom is 0.124 e. The largest absolute Gasteiger partial charge is 0.375 e. The standard InChI is InChI=1S/C15H20FIN2O/c16-11-2-3-12(13(17)8-11)14(19-18)10-4-7-20-15(9-10)5-1-6-15/h2-3,8,10,14,19H,1,4-7,9,18H2. The van der Waals surface area contributed by atoms with Gasteiger partial charge in [0.05, 0.1) is 11.6 Å². The molecular weight excluding hydrogens is 370 g/mol. The van der Waals surface area contributed by atoms with E-state index in [4.69, 9.17) is 10.6 Å². The summed E-state index contributed by atoms with van der Waals surface area (Å²) in [6, 6.07) is 5.01. The van der Waals surface area contributed by atoms with Crippen LogP contribution in [0.15, 0.2) is 18.2 Å². The van der Waals surface area contributed by atoms with Crippen molar-refractivity contribution in [1.82, 2.24) is 5.43 Å². The second-order valence-corrected chi connectivity index (χ2v) is 7.11. The van der Waals surface area contributed by atoms with Crippen LogP contribution in [-0.4, -0.2) is 12.2 Å². The Hall–Kier alpha value is -0.240. The van der Waals surface area contributed by atoms with Gasteiger partial charge >= 0.3 is 0 Å². The van der Waals surface area contributed by atoms with Crippen molar-refractivity contribution >= 4 is 22.6 Å². The Bertz CT molecular complexity index is 493. The van der Waals surface area contributed by atoms with Crippen LogP contribution in [0.5, 0.6) is 0 Å².